The van der Waals surface area contributed by atoms with E-state index in [-0.39, 0.29) is 12.2 Å². The maximum Gasteiger partial charge on any atom is 0.106 e. The highest BCUT2D eigenvalue weighted by Crippen LogP contribution is 2.27. The quantitative estimate of drug-likeness (QED) is 0.367. The number of unbranched alkanes of at least 4 members (excludes halogenated alkanes) is 5. The summed E-state index contributed by atoms with van der Waals surface area (Å²) in [4.78, 5) is 0. The molecule has 0 aromatic heterocycles. The second-order valence-electron chi connectivity index (χ2n) is 8.40. The van der Waals surface area contributed by atoms with Gasteiger partial charge >= 0.3 is 0 Å². The van der Waals surface area contributed by atoms with Gasteiger partial charge in [-0.05, 0) is 41.5 Å². The van der Waals surface area contributed by atoms with Crippen molar-refractivity contribution in [3.05, 3.63) is 59.7 Å². The van der Waals surface area contributed by atoms with Crippen molar-refractivity contribution in [2.45, 2.75) is 83.8 Å². The molecule has 0 amide bonds. The first-order valence-electron chi connectivity index (χ1n) is 11.7. The molecule has 0 bridgehead atoms. The molecule has 0 radical (unpaired) electrons. The molecule has 2 aromatic carbocycles. The van der Waals surface area contributed by atoms with E-state index >= 15 is 0 Å². The van der Waals surface area contributed by atoms with Gasteiger partial charge in [0.25, 0.3) is 0 Å². The van der Waals surface area contributed by atoms with Crippen LogP contribution in [0.25, 0.3) is 11.1 Å². The van der Waals surface area contributed by atoms with Crippen molar-refractivity contribution in [2.75, 3.05) is 13.2 Å². The van der Waals surface area contributed by atoms with Crippen molar-refractivity contribution in [1.29, 1.82) is 0 Å². The Morgan fingerprint density at radius 1 is 0.690 bits per heavy atom. The molecule has 1 aliphatic rings. The van der Waals surface area contributed by atoms with Crippen LogP contribution in [-0.4, -0.2) is 19.3 Å². The van der Waals surface area contributed by atoms with Gasteiger partial charge in [0, 0.05) is 0 Å². The molecule has 3 rings (SSSR count). The number of hydrogen-bond acceptors (Lipinski definition) is 2. The predicted molar refractivity (Wildman–Crippen MR) is 122 cm³/mol. The molecule has 1 heterocycles. The van der Waals surface area contributed by atoms with E-state index in [1.807, 2.05) is 0 Å². The predicted octanol–water partition coefficient (Wildman–Crippen LogP) is 7.51. The number of benzene rings is 2. The van der Waals surface area contributed by atoms with Gasteiger partial charge in [-0.15, -0.1) is 0 Å². The Kier molecular flexibility index (Phi) is 9.24. The Hall–Kier alpha value is -1.64. The average molecular weight is 395 g/mol. The minimum absolute atomic E-state index is 0.0665. The molecule has 0 saturated carbocycles. The highest BCUT2D eigenvalue weighted by Gasteiger charge is 2.23. The summed E-state index contributed by atoms with van der Waals surface area (Å²) in [5.41, 5.74) is 5.19. The zero-order valence-electron chi connectivity index (χ0n) is 18.4. The Labute approximate surface area is 177 Å². The summed E-state index contributed by atoms with van der Waals surface area (Å²) in [6, 6.07) is 17.8. The monoisotopic (exact) mass is 394 g/mol. The summed E-state index contributed by atoms with van der Waals surface area (Å²) in [7, 11) is 0. The summed E-state index contributed by atoms with van der Waals surface area (Å²) >= 11 is 0. The molecule has 0 aliphatic carbocycles. The number of aryl methyl sites for hydroxylation is 1. The van der Waals surface area contributed by atoms with Crippen LogP contribution >= 0.6 is 0 Å². The van der Waals surface area contributed by atoms with Gasteiger partial charge in [0.1, 0.15) is 6.10 Å². The summed E-state index contributed by atoms with van der Waals surface area (Å²) in [6.07, 6.45) is 11.7. The molecule has 1 saturated heterocycles. The van der Waals surface area contributed by atoms with Gasteiger partial charge in [0.2, 0.25) is 0 Å². The molecule has 0 spiro atoms. The van der Waals surface area contributed by atoms with E-state index in [1.165, 1.54) is 73.6 Å². The molecular weight excluding hydrogens is 356 g/mol. The second-order valence-corrected chi connectivity index (χ2v) is 8.40. The lowest BCUT2D eigenvalue weighted by atomic mass is 9.99. The van der Waals surface area contributed by atoms with E-state index in [9.17, 15) is 0 Å². The second kappa shape index (κ2) is 12.1. The molecule has 1 aliphatic heterocycles. The maximum absolute atomic E-state index is 6.13. The van der Waals surface area contributed by atoms with Gasteiger partial charge in [-0.1, -0.05) is 101 Å². The Balaban J connectivity index is 1.46. The molecule has 2 nitrogen and oxygen atoms in total. The lowest BCUT2D eigenvalue weighted by Crippen LogP contribution is -2.31. The summed E-state index contributed by atoms with van der Waals surface area (Å²) in [5.74, 6) is 0. The maximum atomic E-state index is 6.13. The number of hydrogen-bond donors (Lipinski definition) is 0. The van der Waals surface area contributed by atoms with Crippen LogP contribution in [0.4, 0.5) is 0 Å². The smallest absolute Gasteiger partial charge is 0.106 e. The zero-order valence-corrected chi connectivity index (χ0v) is 18.4. The SMILES string of the molecule is CCCCCCC[C@@H]1CO[C@@H](c2ccc(-c3ccc(CCCC)cc3)cc2)CO1. The summed E-state index contributed by atoms with van der Waals surface area (Å²) < 4.78 is 12.2. The van der Waals surface area contributed by atoms with Crippen LogP contribution in [0.5, 0.6) is 0 Å². The fourth-order valence-corrected chi connectivity index (χ4v) is 4.01. The average Bonchev–Trinajstić information content (AvgIpc) is 2.78. The van der Waals surface area contributed by atoms with Crippen molar-refractivity contribution >= 4 is 0 Å². The van der Waals surface area contributed by atoms with E-state index in [0.717, 1.165) is 13.0 Å². The molecule has 1 fully saturated rings. The molecule has 158 valence electrons. The van der Waals surface area contributed by atoms with E-state index in [1.54, 1.807) is 0 Å². The van der Waals surface area contributed by atoms with Crippen LogP contribution in [0, 0.1) is 0 Å². The van der Waals surface area contributed by atoms with Crippen LogP contribution in [0.1, 0.15) is 82.4 Å². The molecule has 2 aromatic rings. The minimum Gasteiger partial charge on any atom is -0.373 e. The van der Waals surface area contributed by atoms with Gasteiger partial charge < -0.3 is 9.47 Å². The van der Waals surface area contributed by atoms with Crippen molar-refractivity contribution < 1.29 is 9.47 Å². The Morgan fingerprint density at radius 2 is 1.34 bits per heavy atom. The normalized spacial score (nSPS) is 19.4. The lowest BCUT2D eigenvalue weighted by Gasteiger charge is -2.30. The fourth-order valence-electron chi connectivity index (χ4n) is 4.01. The van der Waals surface area contributed by atoms with Crippen molar-refractivity contribution in [3.8, 4) is 11.1 Å². The fraction of sp³-hybridized carbons (Fsp3) is 0.556. The van der Waals surface area contributed by atoms with Gasteiger partial charge in [0.05, 0.1) is 19.3 Å². The Bertz CT molecular complexity index is 681. The molecule has 2 atom stereocenters. The zero-order chi connectivity index (χ0) is 20.3. The van der Waals surface area contributed by atoms with Gasteiger partial charge in [-0.3, -0.25) is 0 Å². The van der Waals surface area contributed by atoms with Gasteiger partial charge in [0.15, 0.2) is 0 Å². The number of rotatable bonds is 11. The first-order chi connectivity index (χ1) is 14.3. The third kappa shape index (κ3) is 6.97. The van der Waals surface area contributed by atoms with Crippen LogP contribution in [0.15, 0.2) is 48.5 Å². The van der Waals surface area contributed by atoms with Crippen molar-refractivity contribution in [1.82, 2.24) is 0 Å². The highest BCUT2D eigenvalue weighted by molar-refractivity contribution is 5.64. The standard InChI is InChI=1S/C27H38O2/c1-3-5-7-8-9-11-26-20-29-27(21-28-26)25-18-16-24(17-19-25)23-14-12-22(13-15-23)10-6-4-2/h12-19,26-27H,3-11,20-21H2,1-2H3/t26-,27-/m1/s1. The van der Waals surface area contributed by atoms with E-state index < -0.39 is 0 Å². The summed E-state index contributed by atoms with van der Waals surface area (Å²) in [5, 5.41) is 0. The first-order valence-corrected chi connectivity index (χ1v) is 11.7. The van der Waals surface area contributed by atoms with Crippen molar-refractivity contribution in [2.24, 2.45) is 0 Å². The Morgan fingerprint density at radius 3 is 1.97 bits per heavy atom. The van der Waals surface area contributed by atoms with E-state index in [2.05, 4.69) is 62.4 Å². The largest absolute Gasteiger partial charge is 0.373 e. The van der Waals surface area contributed by atoms with Crippen LogP contribution < -0.4 is 0 Å². The first kappa shape index (κ1) is 22.1. The third-order valence-corrected chi connectivity index (χ3v) is 5.98. The lowest BCUT2D eigenvalue weighted by molar-refractivity contribution is -0.137. The highest BCUT2D eigenvalue weighted by atomic mass is 16.6. The molecule has 0 unspecified atom stereocenters. The summed E-state index contributed by atoms with van der Waals surface area (Å²) in [6.45, 7) is 5.89. The van der Waals surface area contributed by atoms with Crippen LogP contribution in [0.2, 0.25) is 0 Å². The van der Waals surface area contributed by atoms with E-state index in [4.69, 9.17) is 9.47 Å². The minimum atomic E-state index is 0.0665. The number of ether oxygens (including phenoxy) is 2. The third-order valence-electron chi connectivity index (χ3n) is 5.98. The van der Waals surface area contributed by atoms with Gasteiger partial charge in [-0.2, -0.15) is 0 Å². The molecule has 2 heteroatoms. The molecule has 0 N–H and O–H groups in total. The molecule has 29 heavy (non-hydrogen) atoms. The van der Waals surface area contributed by atoms with Crippen molar-refractivity contribution in [3.63, 3.8) is 0 Å². The van der Waals surface area contributed by atoms with Crippen LogP contribution in [-0.2, 0) is 15.9 Å². The van der Waals surface area contributed by atoms with Gasteiger partial charge in [-0.25, -0.2) is 0 Å². The topological polar surface area (TPSA) is 18.5 Å². The molecular formula is C27H38O2. The van der Waals surface area contributed by atoms with Crippen LogP contribution in [0.3, 0.4) is 0 Å². The van der Waals surface area contributed by atoms with E-state index in [0.29, 0.717) is 6.61 Å².